The lowest BCUT2D eigenvalue weighted by Crippen LogP contribution is -2.49. The van der Waals surface area contributed by atoms with E-state index in [0.29, 0.717) is 41.9 Å². The van der Waals surface area contributed by atoms with Gasteiger partial charge in [-0.2, -0.15) is 0 Å². The van der Waals surface area contributed by atoms with Crippen molar-refractivity contribution in [3.63, 3.8) is 0 Å². The lowest BCUT2D eigenvalue weighted by molar-refractivity contribution is -0.120. The summed E-state index contributed by atoms with van der Waals surface area (Å²) in [5, 5.41) is 15.4. The maximum Gasteiger partial charge on any atom is 0.163 e. The Balaban J connectivity index is 1.76. The highest BCUT2D eigenvalue weighted by molar-refractivity contribution is 5.79. The number of nitrogens with zero attached hydrogens (tertiary/aromatic N) is 3. The topological polar surface area (TPSA) is 86.1 Å². The molecule has 3 aliphatic rings. The molecule has 0 amide bonds. The van der Waals surface area contributed by atoms with E-state index in [9.17, 15) is 14.3 Å². The van der Waals surface area contributed by atoms with E-state index in [1.165, 1.54) is 6.42 Å². The summed E-state index contributed by atoms with van der Waals surface area (Å²) in [6, 6.07) is 0.0637. The third-order valence-corrected chi connectivity index (χ3v) is 9.56. The van der Waals surface area contributed by atoms with Gasteiger partial charge in [-0.05, 0) is 97.8 Å². The molecule has 9 atom stereocenters. The average molecular weight is 436 g/mol. The zero-order valence-electron chi connectivity index (χ0n) is 19.7. The fourth-order valence-corrected chi connectivity index (χ4v) is 7.83. The summed E-state index contributed by atoms with van der Waals surface area (Å²) in [4.78, 5) is 14.6. The summed E-state index contributed by atoms with van der Waals surface area (Å²) in [5.74, 6) is 2.62. The van der Waals surface area contributed by atoms with Crippen LogP contribution in [-0.4, -0.2) is 29.7 Å². The second kappa shape index (κ2) is 10.7. The van der Waals surface area contributed by atoms with Crippen molar-refractivity contribution in [1.29, 1.82) is 0 Å². The van der Waals surface area contributed by atoms with Crippen molar-refractivity contribution in [2.45, 2.75) is 104 Å². The molecule has 0 heterocycles. The number of aliphatic hydroxyl groups excluding tert-OH is 1. The van der Waals surface area contributed by atoms with E-state index < -0.39 is 6.67 Å². The van der Waals surface area contributed by atoms with Crippen LogP contribution in [-0.2, 0) is 4.79 Å². The molecule has 31 heavy (non-hydrogen) atoms. The number of halogens is 1. The summed E-state index contributed by atoms with van der Waals surface area (Å²) in [6.07, 6.45) is 10.1. The number of hydrogen-bond acceptors (Lipinski definition) is 3. The molecule has 0 aromatic carbocycles. The maximum atomic E-state index is 12.6. The number of azide groups is 1. The molecular formula is C25H42FN3O2. The van der Waals surface area contributed by atoms with Gasteiger partial charge in [-0.15, -0.1) is 0 Å². The predicted molar refractivity (Wildman–Crippen MR) is 121 cm³/mol. The molecule has 0 spiro atoms. The molecule has 0 saturated heterocycles. The zero-order valence-corrected chi connectivity index (χ0v) is 19.7. The summed E-state index contributed by atoms with van der Waals surface area (Å²) in [7, 11) is 0. The largest absolute Gasteiger partial charge is 0.393 e. The Hall–Kier alpha value is -1.13. The Labute approximate surface area is 187 Å². The van der Waals surface area contributed by atoms with Crippen molar-refractivity contribution in [2.75, 3.05) is 6.67 Å². The van der Waals surface area contributed by atoms with E-state index in [4.69, 9.17) is 5.53 Å². The smallest absolute Gasteiger partial charge is 0.163 e. The maximum absolute atomic E-state index is 12.6. The van der Waals surface area contributed by atoms with Crippen LogP contribution in [0.25, 0.3) is 10.4 Å². The van der Waals surface area contributed by atoms with Gasteiger partial charge in [0.15, 0.2) is 5.78 Å². The molecule has 3 rings (SSSR count). The Morgan fingerprint density at radius 3 is 2.71 bits per heavy atom. The van der Waals surface area contributed by atoms with E-state index in [2.05, 4.69) is 30.8 Å². The van der Waals surface area contributed by atoms with Crippen LogP contribution in [0.1, 0.15) is 91.4 Å². The van der Waals surface area contributed by atoms with Crippen molar-refractivity contribution in [3.8, 4) is 0 Å². The molecular weight excluding hydrogens is 393 g/mol. The SMILES string of the molecule is C[C@H](CCC(=O)CF)[C@H]1CC[C@H]2[C@H]3[C@H](CC[C@]12C)[C@@H](C)CCC(N=[N+]=[N-])CCC[C@H]3O. The van der Waals surface area contributed by atoms with Gasteiger partial charge in [-0.3, -0.25) is 4.79 Å². The second-order valence-corrected chi connectivity index (χ2v) is 11.2. The zero-order chi connectivity index (χ0) is 22.6. The van der Waals surface area contributed by atoms with Gasteiger partial charge < -0.3 is 5.11 Å². The summed E-state index contributed by atoms with van der Waals surface area (Å²) >= 11 is 0. The Bertz CT molecular complexity index is 667. The molecule has 0 aromatic heterocycles. The number of ketones is 1. The molecule has 0 aromatic rings. The van der Waals surface area contributed by atoms with Gasteiger partial charge in [0.05, 0.1) is 6.10 Å². The van der Waals surface area contributed by atoms with Gasteiger partial charge in [0, 0.05) is 17.4 Å². The monoisotopic (exact) mass is 435 g/mol. The number of carbonyl (C=O) groups is 1. The van der Waals surface area contributed by atoms with E-state index in [1.807, 2.05) is 0 Å². The quantitative estimate of drug-likeness (QED) is 0.288. The van der Waals surface area contributed by atoms with Crippen LogP contribution in [0.3, 0.4) is 0 Å². The normalized spacial score (nSPS) is 42.0. The predicted octanol–water partition coefficient (Wildman–Crippen LogP) is 6.64. The van der Waals surface area contributed by atoms with Gasteiger partial charge in [0.1, 0.15) is 6.67 Å². The molecule has 176 valence electrons. The number of alkyl halides is 1. The molecule has 3 aliphatic carbocycles. The summed E-state index contributed by atoms with van der Waals surface area (Å²) in [5.41, 5.74) is 9.07. The number of carbonyl (C=O) groups excluding carboxylic acids is 1. The van der Waals surface area contributed by atoms with E-state index >= 15 is 0 Å². The van der Waals surface area contributed by atoms with Crippen LogP contribution >= 0.6 is 0 Å². The highest BCUT2D eigenvalue weighted by atomic mass is 19.1. The fourth-order valence-electron chi connectivity index (χ4n) is 7.83. The van der Waals surface area contributed by atoms with Gasteiger partial charge in [0.25, 0.3) is 0 Å². The number of fused-ring (bicyclic) bond motifs is 3. The Morgan fingerprint density at radius 1 is 1.23 bits per heavy atom. The van der Waals surface area contributed by atoms with Gasteiger partial charge >= 0.3 is 0 Å². The molecule has 1 N–H and O–H groups in total. The molecule has 0 bridgehead atoms. The van der Waals surface area contributed by atoms with E-state index in [1.54, 1.807) is 0 Å². The molecule has 1 unspecified atom stereocenters. The lowest BCUT2D eigenvalue weighted by atomic mass is 9.53. The number of aliphatic hydroxyl groups is 1. The van der Waals surface area contributed by atoms with Crippen LogP contribution in [0, 0.1) is 40.9 Å². The van der Waals surface area contributed by atoms with Crippen LogP contribution < -0.4 is 0 Å². The Kier molecular flexibility index (Phi) is 8.43. The minimum absolute atomic E-state index is 0.0637. The van der Waals surface area contributed by atoms with E-state index in [0.717, 1.165) is 57.8 Å². The Morgan fingerprint density at radius 2 is 2.00 bits per heavy atom. The summed E-state index contributed by atoms with van der Waals surface area (Å²) in [6.45, 7) is 6.18. The number of Topliss-reactive ketones (excluding diaryl/α,β-unsaturated/α-hetero) is 1. The first-order valence-corrected chi connectivity index (χ1v) is 12.6. The molecule has 0 radical (unpaired) electrons. The van der Waals surface area contributed by atoms with Gasteiger partial charge in [-0.25, -0.2) is 4.39 Å². The summed E-state index contributed by atoms with van der Waals surface area (Å²) < 4.78 is 12.6. The first-order chi connectivity index (χ1) is 14.8. The van der Waals surface area contributed by atoms with Crippen molar-refractivity contribution in [3.05, 3.63) is 10.4 Å². The number of hydrogen-bond donors (Lipinski definition) is 1. The van der Waals surface area contributed by atoms with E-state index in [-0.39, 0.29) is 23.3 Å². The third-order valence-electron chi connectivity index (χ3n) is 9.56. The lowest BCUT2D eigenvalue weighted by Gasteiger charge is -2.53. The van der Waals surface area contributed by atoms with Crippen molar-refractivity contribution in [2.24, 2.45) is 46.0 Å². The standard InChI is InChI=1S/C25H42FN3O2/c1-16-7-9-18(28-29-27)5-4-6-23(31)24-20(16)13-14-25(3)21(11-12-22(24)25)17(2)8-10-19(30)15-26/h16-18,20-24,31H,4-15H2,1-3H3/t16-,17+,18?,20+,21+,22-,23+,24+,25+/m0/s1. The number of rotatable bonds is 6. The third kappa shape index (κ3) is 5.27. The van der Waals surface area contributed by atoms with Gasteiger partial charge in [-0.1, -0.05) is 38.7 Å². The van der Waals surface area contributed by atoms with Crippen LogP contribution in [0.4, 0.5) is 4.39 Å². The molecule has 3 fully saturated rings. The second-order valence-electron chi connectivity index (χ2n) is 11.2. The average Bonchev–Trinajstić information content (AvgIpc) is 3.11. The first kappa shape index (κ1) is 24.5. The van der Waals surface area contributed by atoms with Crippen molar-refractivity contribution >= 4 is 5.78 Å². The minimum atomic E-state index is -0.842. The van der Waals surface area contributed by atoms with Crippen LogP contribution in [0.5, 0.6) is 0 Å². The van der Waals surface area contributed by atoms with Crippen LogP contribution in [0.15, 0.2) is 5.11 Å². The van der Waals surface area contributed by atoms with Gasteiger partial charge in [0.2, 0.25) is 0 Å². The van der Waals surface area contributed by atoms with Crippen molar-refractivity contribution in [1.82, 2.24) is 0 Å². The molecule has 0 aliphatic heterocycles. The highest BCUT2D eigenvalue weighted by Gasteiger charge is 2.56. The van der Waals surface area contributed by atoms with Crippen molar-refractivity contribution < 1.29 is 14.3 Å². The molecule has 6 heteroatoms. The first-order valence-electron chi connectivity index (χ1n) is 12.6. The molecule has 3 saturated carbocycles. The van der Waals surface area contributed by atoms with Crippen LogP contribution in [0.2, 0.25) is 0 Å². The minimum Gasteiger partial charge on any atom is -0.393 e. The fraction of sp³-hybridized carbons (Fsp3) is 0.960. The highest BCUT2D eigenvalue weighted by Crippen LogP contribution is 2.63. The molecule has 5 nitrogen and oxygen atoms in total.